The van der Waals surface area contributed by atoms with Gasteiger partial charge in [0, 0.05) is 12.6 Å². The summed E-state index contributed by atoms with van der Waals surface area (Å²) in [5.74, 6) is 0. The van der Waals surface area contributed by atoms with E-state index in [0.717, 1.165) is 11.1 Å². The minimum atomic E-state index is -0.183. The molecule has 68 valence electrons. The maximum atomic E-state index is 8.45. The van der Waals surface area contributed by atoms with Crippen LogP contribution in [0.1, 0.15) is 23.6 Å². The minimum Gasteiger partial charge on any atom is -0.326 e. The average molecular weight is 175 g/mol. The van der Waals surface area contributed by atoms with Gasteiger partial charge in [-0.15, -0.1) is 0 Å². The molecule has 4 N–H and O–H groups in total. The molecule has 0 saturated heterocycles. The lowest BCUT2D eigenvalue weighted by atomic mass is 10.0. The molecule has 0 spiro atoms. The van der Waals surface area contributed by atoms with Crippen LogP contribution in [-0.2, 0) is 6.54 Å². The Morgan fingerprint density at radius 2 is 1.92 bits per heavy atom. The van der Waals surface area contributed by atoms with Crippen LogP contribution >= 0.6 is 0 Å². The first-order valence-electron chi connectivity index (χ1n) is 4.19. The summed E-state index contributed by atoms with van der Waals surface area (Å²) in [7, 11) is 0. The van der Waals surface area contributed by atoms with Crippen LogP contribution in [0.3, 0.4) is 0 Å². The van der Waals surface area contributed by atoms with Crippen molar-refractivity contribution in [1.29, 1.82) is 5.26 Å². The second-order valence-electron chi connectivity index (χ2n) is 2.91. The van der Waals surface area contributed by atoms with Crippen molar-refractivity contribution in [3.63, 3.8) is 0 Å². The van der Waals surface area contributed by atoms with E-state index in [2.05, 4.69) is 0 Å². The van der Waals surface area contributed by atoms with Crippen molar-refractivity contribution >= 4 is 0 Å². The molecule has 3 nitrogen and oxygen atoms in total. The Balaban J connectivity index is 2.74. The summed E-state index contributed by atoms with van der Waals surface area (Å²) in [4.78, 5) is 0. The molecule has 0 aromatic heterocycles. The summed E-state index contributed by atoms with van der Waals surface area (Å²) in [5, 5.41) is 8.45. The number of nitriles is 1. The summed E-state index contributed by atoms with van der Waals surface area (Å²) >= 11 is 0. The van der Waals surface area contributed by atoms with E-state index < -0.39 is 0 Å². The van der Waals surface area contributed by atoms with Crippen LogP contribution in [0.4, 0.5) is 0 Å². The van der Waals surface area contributed by atoms with Gasteiger partial charge in [-0.1, -0.05) is 24.3 Å². The first kappa shape index (κ1) is 9.72. The Hall–Kier alpha value is -1.37. The van der Waals surface area contributed by atoms with Crippen molar-refractivity contribution in [2.24, 2.45) is 11.5 Å². The first-order valence-corrected chi connectivity index (χ1v) is 4.19. The van der Waals surface area contributed by atoms with Gasteiger partial charge in [-0.2, -0.15) is 5.26 Å². The molecule has 13 heavy (non-hydrogen) atoms. The number of nitrogens with two attached hydrogens (primary N) is 2. The van der Waals surface area contributed by atoms with Crippen molar-refractivity contribution in [2.75, 3.05) is 0 Å². The van der Waals surface area contributed by atoms with Crippen molar-refractivity contribution in [2.45, 2.75) is 19.0 Å². The average Bonchev–Trinajstić information content (AvgIpc) is 2.18. The van der Waals surface area contributed by atoms with Gasteiger partial charge in [0.15, 0.2) is 0 Å². The van der Waals surface area contributed by atoms with Gasteiger partial charge in [0.2, 0.25) is 0 Å². The predicted octanol–water partition coefficient (Wildman–Crippen LogP) is 1.06. The molecule has 0 aliphatic carbocycles. The molecular weight excluding hydrogens is 162 g/mol. The van der Waals surface area contributed by atoms with Crippen molar-refractivity contribution < 1.29 is 0 Å². The smallest absolute Gasteiger partial charge is 0.0641 e. The third kappa shape index (κ3) is 2.55. The molecule has 1 atom stereocenters. The highest BCUT2D eigenvalue weighted by Crippen LogP contribution is 2.13. The van der Waals surface area contributed by atoms with Gasteiger partial charge in [-0.05, 0) is 11.1 Å². The largest absolute Gasteiger partial charge is 0.326 e. The van der Waals surface area contributed by atoms with E-state index in [0.29, 0.717) is 13.0 Å². The maximum Gasteiger partial charge on any atom is 0.0641 e. The maximum absolute atomic E-state index is 8.45. The molecule has 3 heteroatoms. The van der Waals surface area contributed by atoms with E-state index in [1.807, 2.05) is 30.3 Å². The molecule has 1 aromatic carbocycles. The standard InChI is InChI=1S/C10H13N3/c11-6-5-10(13)9-3-1-8(7-12)2-4-9/h1-4,10H,5,7,12-13H2. The van der Waals surface area contributed by atoms with Crippen LogP contribution < -0.4 is 11.5 Å². The van der Waals surface area contributed by atoms with Crippen LogP contribution in [0.25, 0.3) is 0 Å². The Kier molecular flexibility index (Phi) is 3.44. The van der Waals surface area contributed by atoms with E-state index in [1.165, 1.54) is 0 Å². The fourth-order valence-corrected chi connectivity index (χ4v) is 1.12. The summed E-state index contributed by atoms with van der Waals surface area (Å²) in [6.07, 6.45) is 0.349. The molecule has 0 aliphatic rings. The van der Waals surface area contributed by atoms with Crippen LogP contribution in [0, 0.1) is 11.3 Å². The van der Waals surface area contributed by atoms with Crippen LogP contribution in [0.2, 0.25) is 0 Å². The van der Waals surface area contributed by atoms with Gasteiger partial charge >= 0.3 is 0 Å². The van der Waals surface area contributed by atoms with E-state index in [-0.39, 0.29) is 6.04 Å². The zero-order chi connectivity index (χ0) is 9.68. The summed E-state index contributed by atoms with van der Waals surface area (Å²) in [6.45, 7) is 0.535. The molecular formula is C10H13N3. The van der Waals surface area contributed by atoms with Crippen molar-refractivity contribution in [3.8, 4) is 6.07 Å². The monoisotopic (exact) mass is 175 g/mol. The molecule has 0 fully saturated rings. The minimum absolute atomic E-state index is 0.183. The SMILES string of the molecule is N#CCC(N)c1ccc(CN)cc1. The molecule has 0 heterocycles. The van der Waals surface area contributed by atoms with E-state index in [9.17, 15) is 0 Å². The van der Waals surface area contributed by atoms with Crippen LogP contribution in [-0.4, -0.2) is 0 Å². The van der Waals surface area contributed by atoms with Gasteiger partial charge in [0.05, 0.1) is 12.5 Å². The van der Waals surface area contributed by atoms with Gasteiger partial charge < -0.3 is 11.5 Å². The van der Waals surface area contributed by atoms with Gasteiger partial charge in [-0.25, -0.2) is 0 Å². The summed E-state index contributed by atoms with van der Waals surface area (Å²) in [5.41, 5.74) is 13.3. The second-order valence-corrected chi connectivity index (χ2v) is 2.91. The van der Waals surface area contributed by atoms with E-state index in [1.54, 1.807) is 0 Å². The first-order chi connectivity index (χ1) is 6.27. The van der Waals surface area contributed by atoms with E-state index in [4.69, 9.17) is 16.7 Å². The number of rotatable bonds is 3. The lowest BCUT2D eigenvalue weighted by Crippen LogP contribution is -2.09. The second kappa shape index (κ2) is 4.61. The van der Waals surface area contributed by atoms with Crippen molar-refractivity contribution in [3.05, 3.63) is 35.4 Å². The molecule has 0 amide bonds. The lowest BCUT2D eigenvalue weighted by Gasteiger charge is -2.07. The fraction of sp³-hybridized carbons (Fsp3) is 0.300. The third-order valence-corrected chi connectivity index (χ3v) is 1.95. The summed E-state index contributed by atoms with van der Waals surface area (Å²) in [6, 6.07) is 9.58. The molecule has 0 bridgehead atoms. The summed E-state index contributed by atoms with van der Waals surface area (Å²) < 4.78 is 0. The Morgan fingerprint density at radius 3 is 2.38 bits per heavy atom. The Morgan fingerprint density at radius 1 is 1.31 bits per heavy atom. The molecule has 0 aliphatic heterocycles. The number of nitrogens with zero attached hydrogens (tertiary/aromatic N) is 1. The van der Waals surface area contributed by atoms with Crippen LogP contribution in [0.15, 0.2) is 24.3 Å². The molecule has 0 saturated carbocycles. The zero-order valence-corrected chi connectivity index (χ0v) is 7.40. The third-order valence-electron chi connectivity index (χ3n) is 1.95. The highest BCUT2D eigenvalue weighted by molar-refractivity contribution is 5.25. The zero-order valence-electron chi connectivity index (χ0n) is 7.40. The molecule has 1 unspecified atom stereocenters. The quantitative estimate of drug-likeness (QED) is 0.721. The molecule has 1 rings (SSSR count). The molecule has 0 radical (unpaired) electrons. The van der Waals surface area contributed by atoms with Gasteiger partial charge in [0.25, 0.3) is 0 Å². The normalized spacial score (nSPS) is 12.1. The highest BCUT2D eigenvalue weighted by Gasteiger charge is 2.03. The topological polar surface area (TPSA) is 75.8 Å². The van der Waals surface area contributed by atoms with E-state index >= 15 is 0 Å². The van der Waals surface area contributed by atoms with Gasteiger partial charge in [0.1, 0.15) is 0 Å². The highest BCUT2D eigenvalue weighted by atomic mass is 14.6. The molecule has 1 aromatic rings. The Labute approximate surface area is 78.0 Å². The predicted molar refractivity (Wildman–Crippen MR) is 51.5 cm³/mol. The number of benzene rings is 1. The fourth-order valence-electron chi connectivity index (χ4n) is 1.12. The van der Waals surface area contributed by atoms with Crippen molar-refractivity contribution in [1.82, 2.24) is 0 Å². The van der Waals surface area contributed by atoms with Gasteiger partial charge in [-0.3, -0.25) is 0 Å². The Bertz CT molecular complexity index is 297. The number of hydrogen-bond acceptors (Lipinski definition) is 3. The van der Waals surface area contributed by atoms with Crippen LogP contribution in [0.5, 0.6) is 0 Å². The lowest BCUT2D eigenvalue weighted by molar-refractivity contribution is 0.748. The number of hydrogen-bond donors (Lipinski definition) is 2.